The minimum Gasteiger partial charge on any atom is -0.391 e. The predicted octanol–water partition coefficient (Wildman–Crippen LogP) is -0.231. The summed E-state index contributed by atoms with van der Waals surface area (Å²) in [6, 6.07) is 6.87. The number of nitrogens with one attached hydrogen (secondary N) is 1. The largest absolute Gasteiger partial charge is 0.391 e. The summed E-state index contributed by atoms with van der Waals surface area (Å²) < 4.78 is 0. The van der Waals surface area contributed by atoms with Crippen LogP contribution in [0.1, 0.15) is 16.8 Å². The first kappa shape index (κ1) is 11.2. The Hall–Kier alpha value is -1.92. The van der Waals surface area contributed by atoms with Crippen molar-refractivity contribution in [3.63, 3.8) is 0 Å². The van der Waals surface area contributed by atoms with Gasteiger partial charge < -0.3 is 15.4 Å². The van der Waals surface area contributed by atoms with Crippen LogP contribution in [0, 0.1) is 0 Å². The molecule has 0 aromatic heterocycles. The van der Waals surface area contributed by atoms with Crippen LogP contribution in [0.3, 0.4) is 0 Å². The third kappa shape index (κ3) is 1.58. The van der Waals surface area contributed by atoms with E-state index in [1.807, 2.05) is 6.07 Å². The SMILES string of the molecule is NNC1=Nc2ccccc2C(=O)N2C[C@H](O)C[C@@H]12. The van der Waals surface area contributed by atoms with Crippen molar-refractivity contribution in [2.75, 3.05) is 6.54 Å². The summed E-state index contributed by atoms with van der Waals surface area (Å²) in [5.41, 5.74) is 3.70. The van der Waals surface area contributed by atoms with Gasteiger partial charge in [-0.1, -0.05) is 12.1 Å². The van der Waals surface area contributed by atoms with Crippen molar-refractivity contribution in [1.29, 1.82) is 0 Å². The van der Waals surface area contributed by atoms with Crippen LogP contribution in [-0.4, -0.2) is 40.4 Å². The number of fused-ring (bicyclic) bond motifs is 2. The maximum Gasteiger partial charge on any atom is 0.256 e. The fraction of sp³-hybridized carbons (Fsp3) is 0.333. The zero-order valence-electron chi connectivity index (χ0n) is 9.71. The zero-order valence-corrected chi connectivity index (χ0v) is 9.71. The third-order valence-corrected chi connectivity index (χ3v) is 3.38. The summed E-state index contributed by atoms with van der Waals surface area (Å²) in [5, 5.41) is 9.71. The number of aliphatic hydroxyl groups excluding tert-OH is 1. The molecule has 0 saturated carbocycles. The lowest BCUT2D eigenvalue weighted by Crippen LogP contribution is -2.47. The van der Waals surface area contributed by atoms with Crippen molar-refractivity contribution in [2.24, 2.45) is 10.8 Å². The minimum atomic E-state index is -0.525. The summed E-state index contributed by atoms with van der Waals surface area (Å²) in [7, 11) is 0. The second-order valence-electron chi connectivity index (χ2n) is 4.52. The molecule has 2 aliphatic heterocycles. The Morgan fingerprint density at radius 3 is 3.00 bits per heavy atom. The Labute approximate surface area is 104 Å². The fourth-order valence-corrected chi connectivity index (χ4v) is 2.54. The van der Waals surface area contributed by atoms with Gasteiger partial charge in [0.1, 0.15) is 5.84 Å². The van der Waals surface area contributed by atoms with Crippen LogP contribution < -0.4 is 11.3 Å². The maximum atomic E-state index is 12.4. The smallest absolute Gasteiger partial charge is 0.256 e. The molecule has 2 atom stereocenters. The number of hydrogen-bond acceptors (Lipinski definition) is 5. The van der Waals surface area contributed by atoms with E-state index in [2.05, 4.69) is 10.4 Å². The average Bonchev–Trinajstić information content (AvgIpc) is 2.73. The highest BCUT2D eigenvalue weighted by atomic mass is 16.3. The molecule has 2 heterocycles. The lowest BCUT2D eigenvalue weighted by Gasteiger charge is -2.22. The van der Waals surface area contributed by atoms with Gasteiger partial charge in [-0.2, -0.15) is 0 Å². The number of aliphatic imine (C=N–C) groups is 1. The van der Waals surface area contributed by atoms with Crippen molar-refractivity contribution in [1.82, 2.24) is 10.3 Å². The van der Waals surface area contributed by atoms with E-state index in [4.69, 9.17) is 5.84 Å². The molecule has 3 rings (SSSR count). The first-order valence-corrected chi connectivity index (χ1v) is 5.84. The van der Waals surface area contributed by atoms with Crippen LogP contribution in [0.2, 0.25) is 0 Å². The Bertz CT molecular complexity index is 529. The van der Waals surface area contributed by atoms with E-state index in [0.717, 1.165) is 0 Å². The third-order valence-electron chi connectivity index (χ3n) is 3.38. The molecule has 94 valence electrons. The number of amidine groups is 1. The first-order chi connectivity index (χ1) is 8.70. The van der Waals surface area contributed by atoms with Crippen LogP contribution in [0.5, 0.6) is 0 Å². The summed E-state index contributed by atoms with van der Waals surface area (Å²) in [5.74, 6) is 5.88. The van der Waals surface area contributed by atoms with E-state index >= 15 is 0 Å². The molecule has 1 aromatic carbocycles. The number of para-hydroxylation sites is 1. The molecule has 4 N–H and O–H groups in total. The molecule has 0 radical (unpaired) electrons. The summed E-state index contributed by atoms with van der Waals surface area (Å²) >= 11 is 0. The Balaban J connectivity index is 2.13. The normalized spacial score (nSPS) is 26.2. The lowest BCUT2D eigenvalue weighted by atomic mass is 10.1. The molecule has 6 nitrogen and oxygen atoms in total. The Morgan fingerprint density at radius 2 is 2.22 bits per heavy atom. The minimum absolute atomic E-state index is 0.110. The van der Waals surface area contributed by atoms with Crippen LogP contribution in [0.25, 0.3) is 0 Å². The van der Waals surface area contributed by atoms with Gasteiger partial charge in [-0.3, -0.25) is 4.79 Å². The van der Waals surface area contributed by atoms with E-state index in [-0.39, 0.29) is 11.9 Å². The highest BCUT2D eigenvalue weighted by molar-refractivity contribution is 6.06. The standard InChI is InChI=1S/C12H14N4O2/c13-15-11-10-5-7(17)6-16(10)12(18)8-3-1-2-4-9(8)14-11/h1-4,7,10,17H,5-6,13H2,(H,14,15)/t7-,10+/m1/s1. The average molecular weight is 246 g/mol. The van der Waals surface area contributed by atoms with Gasteiger partial charge in [-0.25, -0.2) is 10.8 Å². The van der Waals surface area contributed by atoms with Gasteiger partial charge in [-0.15, -0.1) is 0 Å². The second-order valence-corrected chi connectivity index (χ2v) is 4.52. The maximum absolute atomic E-state index is 12.4. The van der Waals surface area contributed by atoms with Gasteiger partial charge in [0.15, 0.2) is 0 Å². The van der Waals surface area contributed by atoms with Crippen molar-refractivity contribution < 1.29 is 9.90 Å². The van der Waals surface area contributed by atoms with Gasteiger partial charge in [0.25, 0.3) is 5.91 Å². The van der Waals surface area contributed by atoms with Crippen LogP contribution in [0.4, 0.5) is 5.69 Å². The molecule has 0 spiro atoms. The van der Waals surface area contributed by atoms with Crippen molar-refractivity contribution >= 4 is 17.4 Å². The molecular formula is C12H14N4O2. The Kier molecular flexibility index (Phi) is 2.53. The molecule has 0 aliphatic carbocycles. The monoisotopic (exact) mass is 246 g/mol. The van der Waals surface area contributed by atoms with Crippen molar-refractivity contribution in [3.8, 4) is 0 Å². The fourth-order valence-electron chi connectivity index (χ4n) is 2.54. The van der Waals surface area contributed by atoms with E-state index in [0.29, 0.717) is 30.1 Å². The van der Waals surface area contributed by atoms with Crippen LogP contribution in [0.15, 0.2) is 29.3 Å². The quantitative estimate of drug-likeness (QED) is 0.435. The molecule has 0 bridgehead atoms. The molecule has 0 unspecified atom stereocenters. The zero-order chi connectivity index (χ0) is 12.7. The number of benzene rings is 1. The first-order valence-electron chi connectivity index (χ1n) is 5.84. The second kappa shape index (κ2) is 4.08. The number of carbonyl (C=O) groups excluding carboxylic acids is 1. The number of hydrogen-bond donors (Lipinski definition) is 3. The van der Waals surface area contributed by atoms with Gasteiger partial charge in [0, 0.05) is 13.0 Å². The number of nitrogens with two attached hydrogens (primary N) is 1. The predicted molar refractivity (Wildman–Crippen MR) is 66.3 cm³/mol. The van der Waals surface area contributed by atoms with E-state index < -0.39 is 6.10 Å². The number of rotatable bonds is 0. The van der Waals surface area contributed by atoms with E-state index in [9.17, 15) is 9.90 Å². The van der Waals surface area contributed by atoms with E-state index in [1.54, 1.807) is 23.1 Å². The molecule has 1 saturated heterocycles. The van der Waals surface area contributed by atoms with E-state index in [1.165, 1.54) is 0 Å². The molecule has 2 aliphatic rings. The topological polar surface area (TPSA) is 90.9 Å². The summed E-state index contributed by atoms with van der Waals surface area (Å²) in [6.07, 6.45) is -0.0641. The lowest BCUT2D eigenvalue weighted by molar-refractivity contribution is 0.0747. The molecule has 6 heteroatoms. The van der Waals surface area contributed by atoms with Gasteiger partial charge in [0.2, 0.25) is 0 Å². The molecule has 1 fully saturated rings. The molecule has 1 amide bonds. The number of amides is 1. The van der Waals surface area contributed by atoms with Gasteiger partial charge in [-0.05, 0) is 12.1 Å². The van der Waals surface area contributed by atoms with Crippen molar-refractivity contribution in [3.05, 3.63) is 29.8 Å². The molecular weight excluding hydrogens is 232 g/mol. The van der Waals surface area contributed by atoms with Gasteiger partial charge in [0.05, 0.1) is 23.4 Å². The number of aliphatic hydroxyl groups is 1. The van der Waals surface area contributed by atoms with Crippen molar-refractivity contribution in [2.45, 2.75) is 18.6 Å². The highest BCUT2D eigenvalue weighted by Gasteiger charge is 2.40. The van der Waals surface area contributed by atoms with Crippen LogP contribution in [-0.2, 0) is 0 Å². The molecule has 18 heavy (non-hydrogen) atoms. The highest BCUT2D eigenvalue weighted by Crippen LogP contribution is 2.30. The van der Waals surface area contributed by atoms with Crippen LogP contribution >= 0.6 is 0 Å². The number of nitrogens with zero attached hydrogens (tertiary/aromatic N) is 2. The summed E-state index contributed by atoms with van der Waals surface area (Å²) in [4.78, 5) is 18.4. The van der Waals surface area contributed by atoms with Gasteiger partial charge >= 0.3 is 0 Å². The number of hydrazine groups is 1. The Morgan fingerprint density at radius 1 is 1.44 bits per heavy atom. The summed E-state index contributed by atoms with van der Waals surface area (Å²) in [6.45, 7) is 0.318. The number of carbonyl (C=O) groups is 1. The molecule has 1 aromatic rings.